The summed E-state index contributed by atoms with van der Waals surface area (Å²) in [6.07, 6.45) is 0. The van der Waals surface area contributed by atoms with E-state index in [-0.39, 0.29) is 0 Å². The number of likely N-dealkylation sites (N-methyl/N-ethyl adjacent to an activating group) is 1. The third-order valence-corrected chi connectivity index (χ3v) is 3.25. The predicted octanol–water partition coefficient (Wildman–Crippen LogP) is 1.42. The van der Waals surface area contributed by atoms with E-state index >= 15 is 0 Å². The Kier molecular flexibility index (Phi) is 5.25. The zero-order valence-electron chi connectivity index (χ0n) is 10.5. The minimum Gasteiger partial charge on any atom is -0.311 e. The fourth-order valence-electron chi connectivity index (χ4n) is 1.52. The predicted molar refractivity (Wildman–Crippen MR) is 67.8 cm³/mol. The van der Waals surface area contributed by atoms with Gasteiger partial charge in [-0.3, -0.25) is 4.68 Å². The highest BCUT2D eigenvalue weighted by atomic mass is 35.5. The molecule has 0 fully saturated rings. The number of nitrogens with one attached hydrogen (secondary N) is 1. The van der Waals surface area contributed by atoms with Gasteiger partial charge in [-0.15, -0.1) is 0 Å². The Labute approximate surface area is 103 Å². The van der Waals surface area contributed by atoms with Crippen molar-refractivity contribution in [1.82, 2.24) is 20.0 Å². The highest BCUT2D eigenvalue weighted by Crippen LogP contribution is 2.17. The third kappa shape index (κ3) is 3.47. The van der Waals surface area contributed by atoms with Crippen LogP contribution in [0.4, 0.5) is 0 Å². The Hall–Kier alpha value is -0.580. The average molecular weight is 245 g/mol. The van der Waals surface area contributed by atoms with Crippen LogP contribution in [0, 0.1) is 6.92 Å². The number of nitrogens with zero attached hydrogens (tertiary/aromatic N) is 3. The molecule has 5 heteroatoms. The second-order valence-electron chi connectivity index (χ2n) is 4.05. The second kappa shape index (κ2) is 6.23. The maximum atomic E-state index is 6.13. The maximum absolute atomic E-state index is 6.13. The summed E-state index contributed by atoms with van der Waals surface area (Å²) in [6, 6.07) is 0. The molecule has 0 saturated heterocycles. The summed E-state index contributed by atoms with van der Waals surface area (Å²) in [7, 11) is 3.98. The molecule has 1 aromatic rings. The van der Waals surface area contributed by atoms with E-state index in [2.05, 4.69) is 29.3 Å². The first-order chi connectivity index (χ1) is 7.56. The summed E-state index contributed by atoms with van der Waals surface area (Å²) >= 11 is 6.13. The minimum atomic E-state index is 0.730. The van der Waals surface area contributed by atoms with Crippen LogP contribution in [-0.2, 0) is 13.6 Å². The zero-order chi connectivity index (χ0) is 12.1. The van der Waals surface area contributed by atoms with Crippen LogP contribution >= 0.6 is 11.6 Å². The molecule has 1 aromatic heterocycles. The van der Waals surface area contributed by atoms with Gasteiger partial charge in [0.15, 0.2) is 0 Å². The number of rotatable bonds is 6. The van der Waals surface area contributed by atoms with E-state index in [0.717, 1.165) is 42.6 Å². The van der Waals surface area contributed by atoms with Crippen molar-refractivity contribution in [3.8, 4) is 0 Å². The van der Waals surface area contributed by atoms with Gasteiger partial charge in [0.1, 0.15) is 5.15 Å². The van der Waals surface area contributed by atoms with E-state index in [9.17, 15) is 0 Å². The first-order valence-corrected chi connectivity index (χ1v) is 6.01. The van der Waals surface area contributed by atoms with Crippen molar-refractivity contribution in [2.75, 3.05) is 26.7 Å². The van der Waals surface area contributed by atoms with Gasteiger partial charge in [-0.05, 0) is 20.5 Å². The van der Waals surface area contributed by atoms with E-state index in [1.165, 1.54) is 0 Å². The summed E-state index contributed by atoms with van der Waals surface area (Å²) in [5.41, 5.74) is 2.10. The van der Waals surface area contributed by atoms with Crippen LogP contribution in [0.3, 0.4) is 0 Å². The number of hydrogen-bond donors (Lipinski definition) is 1. The van der Waals surface area contributed by atoms with Gasteiger partial charge >= 0.3 is 0 Å². The van der Waals surface area contributed by atoms with E-state index < -0.39 is 0 Å². The highest BCUT2D eigenvalue weighted by Gasteiger charge is 2.09. The molecule has 0 bridgehead atoms. The molecule has 0 aromatic carbocycles. The first kappa shape index (κ1) is 13.5. The topological polar surface area (TPSA) is 33.1 Å². The second-order valence-corrected chi connectivity index (χ2v) is 4.41. The molecule has 1 rings (SSSR count). The smallest absolute Gasteiger partial charge is 0.131 e. The fourth-order valence-corrected chi connectivity index (χ4v) is 1.76. The molecule has 0 spiro atoms. The van der Waals surface area contributed by atoms with E-state index in [4.69, 9.17) is 11.6 Å². The van der Waals surface area contributed by atoms with E-state index in [1.807, 2.05) is 14.0 Å². The molecule has 0 amide bonds. The van der Waals surface area contributed by atoms with Crippen LogP contribution in [0.2, 0.25) is 5.15 Å². The molecular formula is C11H21ClN4. The largest absolute Gasteiger partial charge is 0.311 e. The van der Waals surface area contributed by atoms with Crippen LogP contribution in [0.1, 0.15) is 18.2 Å². The van der Waals surface area contributed by atoms with Crippen molar-refractivity contribution in [3.63, 3.8) is 0 Å². The van der Waals surface area contributed by atoms with Crippen LogP contribution in [0.25, 0.3) is 0 Å². The quantitative estimate of drug-likeness (QED) is 0.769. The van der Waals surface area contributed by atoms with Crippen molar-refractivity contribution in [1.29, 1.82) is 0 Å². The van der Waals surface area contributed by atoms with Crippen molar-refractivity contribution in [2.24, 2.45) is 7.05 Å². The van der Waals surface area contributed by atoms with Crippen LogP contribution in [0.5, 0.6) is 0 Å². The lowest BCUT2D eigenvalue weighted by Gasteiger charge is -2.13. The summed E-state index contributed by atoms with van der Waals surface area (Å²) in [5.74, 6) is 0. The number of hydrogen-bond acceptors (Lipinski definition) is 3. The molecule has 0 radical (unpaired) electrons. The molecule has 4 nitrogen and oxygen atoms in total. The van der Waals surface area contributed by atoms with Gasteiger partial charge in [0.05, 0.1) is 5.69 Å². The molecule has 0 saturated carbocycles. The molecule has 92 valence electrons. The monoisotopic (exact) mass is 244 g/mol. The molecule has 1 heterocycles. The lowest BCUT2D eigenvalue weighted by atomic mass is 10.2. The van der Waals surface area contributed by atoms with Crippen molar-refractivity contribution >= 4 is 11.6 Å². The van der Waals surface area contributed by atoms with Crippen molar-refractivity contribution < 1.29 is 0 Å². The standard InChI is InChI=1S/C11H21ClN4/c1-5-15(3)7-6-13-8-10-9(2)14-16(4)11(10)12/h13H,5-8H2,1-4H3. The molecule has 0 atom stereocenters. The summed E-state index contributed by atoms with van der Waals surface area (Å²) in [5, 5.41) is 8.39. The lowest BCUT2D eigenvalue weighted by molar-refractivity contribution is 0.349. The van der Waals surface area contributed by atoms with Gasteiger partial charge < -0.3 is 10.2 Å². The van der Waals surface area contributed by atoms with Gasteiger partial charge in [0.25, 0.3) is 0 Å². The molecule has 16 heavy (non-hydrogen) atoms. The van der Waals surface area contributed by atoms with Gasteiger partial charge in [0.2, 0.25) is 0 Å². The Morgan fingerprint density at radius 2 is 2.19 bits per heavy atom. The maximum Gasteiger partial charge on any atom is 0.131 e. The van der Waals surface area contributed by atoms with Gasteiger partial charge in [0, 0.05) is 32.2 Å². The fraction of sp³-hybridized carbons (Fsp3) is 0.727. The average Bonchev–Trinajstić information content (AvgIpc) is 2.49. The number of halogens is 1. The molecule has 0 aliphatic carbocycles. The first-order valence-electron chi connectivity index (χ1n) is 5.63. The number of aromatic nitrogens is 2. The van der Waals surface area contributed by atoms with E-state index in [0.29, 0.717) is 0 Å². The zero-order valence-corrected chi connectivity index (χ0v) is 11.3. The highest BCUT2D eigenvalue weighted by molar-refractivity contribution is 6.30. The van der Waals surface area contributed by atoms with Crippen molar-refractivity contribution in [3.05, 3.63) is 16.4 Å². The SMILES string of the molecule is CCN(C)CCNCc1c(C)nn(C)c1Cl. The number of aryl methyl sites for hydroxylation is 2. The van der Waals surface area contributed by atoms with E-state index in [1.54, 1.807) is 4.68 Å². The third-order valence-electron chi connectivity index (χ3n) is 2.78. The summed E-state index contributed by atoms with van der Waals surface area (Å²) in [6.45, 7) is 8.02. The molecule has 0 aliphatic rings. The molecule has 1 N–H and O–H groups in total. The Morgan fingerprint density at radius 1 is 1.50 bits per heavy atom. The molecule has 0 unspecified atom stereocenters. The Bertz CT molecular complexity index is 335. The summed E-state index contributed by atoms with van der Waals surface area (Å²) in [4.78, 5) is 2.27. The lowest BCUT2D eigenvalue weighted by Crippen LogP contribution is -2.28. The summed E-state index contributed by atoms with van der Waals surface area (Å²) < 4.78 is 1.71. The van der Waals surface area contributed by atoms with Crippen LogP contribution < -0.4 is 5.32 Å². The van der Waals surface area contributed by atoms with Gasteiger partial charge in [-0.1, -0.05) is 18.5 Å². The van der Waals surface area contributed by atoms with Crippen molar-refractivity contribution in [2.45, 2.75) is 20.4 Å². The van der Waals surface area contributed by atoms with Gasteiger partial charge in [-0.25, -0.2) is 0 Å². The van der Waals surface area contributed by atoms with Crippen LogP contribution in [-0.4, -0.2) is 41.4 Å². The Balaban J connectivity index is 2.37. The minimum absolute atomic E-state index is 0.730. The van der Waals surface area contributed by atoms with Gasteiger partial charge in [-0.2, -0.15) is 5.10 Å². The van der Waals surface area contributed by atoms with Crippen LogP contribution in [0.15, 0.2) is 0 Å². The normalized spacial score (nSPS) is 11.4. The molecular weight excluding hydrogens is 224 g/mol. The Morgan fingerprint density at radius 3 is 2.69 bits per heavy atom. The molecule has 0 aliphatic heterocycles.